The van der Waals surface area contributed by atoms with E-state index >= 15 is 0 Å². The Morgan fingerprint density at radius 3 is 2.65 bits per heavy atom. The summed E-state index contributed by atoms with van der Waals surface area (Å²) < 4.78 is 39.6. The Morgan fingerprint density at radius 2 is 1.94 bits per heavy atom. The minimum atomic E-state index is -4.63. The number of nitrogens with one attached hydrogen (secondary N) is 1. The molecule has 1 fully saturated rings. The van der Waals surface area contributed by atoms with Crippen molar-refractivity contribution in [2.75, 3.05) is 13.1 Å². The molecule has 92 valence electrons. The Hall–Kier alpha value is -1.07. The molecule has 0 aromatic heterocycles. The van der Waals surface area contributed by atoms with Gasteiger partial charge < -0.3 is 10.4 Å². The Labute approximate surface area is 96.5 Å². The number of hydrogen-bond acceptors (Lipinski definition) is 2. The van der Waals surface area contributed by atoms with Crippen LogP contribution in [-0.2, 0) is 5.60 Å². The largest absolute Gasteiger partial charge is 0.421 e. The van der Waals surface area contributed by atoms with E-state index in [-0.39, 0.29) is 18.0 Å². The molecule has 1 aliphatic heterocycles. The normalized spacial score (nSPS) is 35.8. The van der Waals surface area contributed by atoms with Crippen LogP contribution in [-0.4, -0.2) is 24.4 Å². The zero-order valence-corrected chi connectivity index (χ0v) is 8.96. The molecule has 2 nitrogen and oxygen atoms in total. The van der Waals surface area contributed by atoms with E-state index in [9.17, 15) is 18.3 Å². The molecule has 1 aromatic carbocycles. The second-order valence-corrected chi connectivity index (χ2v) is 4.72. The number of aliphatic hydroxyl groups is 1. The maximum atomic E-state index is 13.2. The van der Waals surface area contributed by atoms with Gasteiger partial charge >= 0.3 is 6.18 Å². The van der Waals surface area contributed by atoms with Gasteiger partial charge in [0.2, 0.25) is 0 Å². The van der Waals surface area contributed by atoms with Gasteiger partial charge in [0.05, 0.1) is 0 Å². The summed E-state index contributed by atoms with van der Waals surface area (Å²) in [5.41, 5.74) is -2.04. The van der Waals surface area contributed by atoms with E-state index in [2.05, 4.69) is 5.32 Å². The molecule has 1 aromatic rings. The molecule has 0 spiro atoms. The van der Waals surface area contributed by atoms with Crippen LogP contribution in [0.4, 0.5) is 13.2 Å². The van der Waals surface area contributed by atoms with Gasteiger partial charge in [0.1, 0.15) is 0 Å². The van der Waals surface area contributed by atoms with Crippen LogP contribution in [0.5, 0.6) is 0 Å². The molecule has 0 bridgehead atoms. The number of rotatable bonds is 0. The van der Waals surface area contributed by atoms with E-state index in [1.807, 2.05) is 0 Å². The highest BCUT2D eigenvalue weighted by atomic mass is 19.4. The Kier molecular flexibility index (Phi) is 2.10. The SMILES string of the molecule is OC1(C(F)(F)F)c2ccccc2[C@@H]2CNC[C@@H]21. The lowest BCUT2D eigenvalue weighted by atomic mass is 9.84. The number of alkyl halides is 3. The van der Waals surface area contributed by atoms with E-state index in [1.165, 1.54) is 6.07 Å². The molecule has 3 rings (SSSR count). The first kappa shape index (κ1) is 11.0. The highest BCUT2D eigenvalue weighted by Crippen LogP contribution is 2.57. The fraction of sp³-hybridized carbons (Fsp3) is 0.500. The highest BCUT2D eigenvalue weighted by molar-refractivity contribution is 5.45. The fourth-order valence-corrected chi connectivity index (χ4v) is 3.17. The van der Waals surface area contributed by atoms with Crippen molar-refractivity contribution in [1.82, 2.24) is 5.32 Å². The van der Waals surface area contributed by atoms with Gasteiger partial charge in [-0.05, 0) is 11.1 Å². The van der Waals surface area contributed by atoms with Crippen LogP contribution in [0, 0.1) is 5.92 Å². The second kappa shape index (κ2) is 3.23. The van der Waals surface area contributed by atoms with Gasteiger partial charge in [0, 0.05) is 24.9 Å². The van der Waals surface area contributed by atoms with Crippen molar-refractivity contribution >= 4 is 0 Å². The molecule has 2 N–H and O–H groups in total. The van der Waals surface area contributed by atoms with E-state index in [4.69, 9.17) is 0 Å². The minimum Gasteiger partial charge on any atom is -0.376 e. The summed E-state index contributed by atoms with van der Waals surface area (Å²) in [4.78, 5) is 0. The van der Waals surface area contributed by atoms with E-state index in [0.29, 0.717) is 12.1 Å². The molecule has 1 unspecified atom stereocenters. The second-order valence-electron chi connectivity index (χ2n) is 4.72. The van der Waals surface area contributed by atoms with Gasteiger partial charge in [-0.15, -0.1) is 0 Å². The fourth-order valence-electron chi connectivity index (χ4n) is 3.17. The molecule has 2 aliphatic rings. The third kappa shape index (κ3) is 1.24. The Morgan fingerprint density at radius 1 is 1.24 bits per heavy atom. The van der Waals surface area contributed by atoms with Crippen LogP contribution < -0.4 is 5.32 Å². The third-order valence-corrected chi connectivity index (χ3v) is 3.95. The molecule has 1 aliphatic carbocycles. The molecule has 1 saturated heterocycles. The van der Waals surface area contributed by atoms with Crippen LogP contribution in [0.2, 0.25) is 0 Å². The molecule has 0 amide bonds. The van der Waals surface area contributed by atoms with Crippen LogP contribution in [0.1, 0.15) is 17.0 Å². The maximum absolute atomic E-state index is 13.2. The molecule has 3 atom stereocenters. The first-order chi connectivity index (χ1) is 7.96. The van der Waals surface area contributed by atoms with Crippen molar-refractivity contribution in [2.24, 2.45) is 5.92 Å². The maximum Gasteiger partial charge on any atom is 0.421 e. The van der Waals surface area contributed by atoms with E-state index in [0.717, 1.165) is 0 Å². The van der Waals surface area contributed by atoms with Crippen molar-refractivity contribution in [3.05, 3.63) is 35.4 Å². The average molecular weight is 243 g/mol. The summed E-state index contributed by atoms with van der Waals surface area (Å²) in [6.07, 6.45) is -4.63. The summed E-state index contributed by atoms with van der Waals surface area (Å²) >= 11 is 0. The summed E-state index contributed by atoms with van der Waals surface area (Å²) in [5.74, 6) is -1.04. The van der Waals surface area contributed by atoms with Gasteiger partial charge in [-0.25, -0.2) is 0 Å². The molecule has 17 heavy (non-hydrogen) atoms. The highest BCUT2D eigenvalue weighted by Gasteiger charge is 2.66. The standard InChI is InChI=1S/C12H12F3NO/c13-12(14,15)11(17)9-4-2-1-3-7(9)8-5-16-6-10(8)11/h1-4,8,10,16-17H,5-6H2/t8-,10-,11?/m0/s1. The van der Waals surface area contributed by atoms with Gasteiger partial charge in [-0.2, -0.15) is 13.2 Å². The number of halogens is 3. The predicted molar refractivity (Wildman–Crippen MR) is 55.5 cm³/mol. The topological polar surface area (TPSA) is 32.3 Å². The smallest absolute Gasteiger partial charge is 0.376 e. The number of hydrogen-bond donors (Lipinski definition) is 2. The lowest BCUT2D eigenvalue weighted by Crippen LogP contribution is -2.47. The molecular weight excluding hydrogens is 231 g/mol. The third-order valence-electron chi connectivity index (χ3n) is 3.95. The van der Waals surface area contributed by atoms with E-state index in [1.54, 1.807) is 18.2 Å². The zero-order valence-electron chi connectivity index (χ0n) is 8.96. The van der Waals surface area contributed by atoms with E-state index < -0.39 is 17.7 Å². The quantitative estimate of drug-likeness (QED) is 0.727. The summed E-state index contributed by atoms with van der Waals surface area (Å²) in [6, 6.07) is 6.34. The molecule has 0 saturated carbocycles. The minimum absolute atomic E-state index is 0.0315. The lowest BCUT2D eigenvalue weighted by Gasteiger charge is -2.32. The monoisotopic (exact) mass is 243 g/mol. The van der Waals surface area contributed by atoms with Crippen molar-refractivity contribution in [2.45, 2.75) is 17.7 Å². The van der Waals surface area contributed by atoms with Gasteiger partial charge in [0.15, 0.2) is 5.60 Å². The predicted octanol–water partition coefficient (Wildman–Crippen LogP) is 1.75. The zero-order chi connectivity index (χ0) is 12.3. The van der Waals surface area contributed by atoms with Gasteiger partial charge in [-0.3, -0.25) is 0 Å². The van der Waals surface area contributed by atoms with Crippen LogP contribution in [0.15, 0.2) is 24.3 Å². The Balaban J connectivity index is 2.22. The summed E-state index contributed by atoms with van der Waals surface area (Å²) in [7, 11) is 0. The van der Waals surface area contributed by atoms with Crippen LogP contribution in [0.25, 0.3) is 0 Å². The average Bonchev–Trinajstić information content (AvgIpc) is 2.82. The van der Waals surface area contributed by atoms with Crippen molar-refractivity contribution in [3.8, 4) is 0 Å². The van der Waals surface area contributed by atoms with Crippen molar-refractivity contribution < 1.29 is 18.3 Å². The first-order valence-electron chi connectivity index (χ1n) is 5.55. The molecule has 0 radical (unpaired) electrons. The van der Waals surface area contributed by atoms with Gasteiger partial charge in [-0.1, -0.05) is 24.3 Å². The first-order valence-corrected chi connectivity index (χ1v) is 5.55. The van der Waals surface area contributed by atoms with Crippen molar-refractivity contribution in [3.63, 3.8) is 0 Å². The molecular formula is C12H12F3NO. The van der Waals surface area contributed by atoms with Gasteiger partial charge in [0.25, 0.3) is 0 Å². The summed E-state index contributed by atoms with van der Waals surface area (Å²) in [5, 5.41) is 13.1. The number of fused-ring (bicyclic) bond motifs is 3. The molecule has 5 heteroatoms. The number of benzene rings is 1. The van der Waals surface area contributed by atoms with Crippen LogP contribution >= 0.6 is 0 Å². The lowest BCUT2D eigenvalue weighted by molar-refractivity contribution is -0.281. The van der Waals surface area contributed by atoms with Crippen LogP contribution in [0.3, 0.4) is 0 Å². The summed E-state index contributed by atoms with van der Waals surface area (Å²) in [6.45, 7) is 0.704. The van der Waals surface area contributed by atoms with Crippen molar-refractivity contribution in [1.29, 1.82) is 0 Å². The molecule has 1 heterocycles. The Bertz CT molecular complexity index is 459.